The van der Waals surface area contributed by atoms with Gasteiger partial charge in [-0.2, -0.15) is 0 Å². The largest absolute Gasteiger partial charge is 0.342 e. The number of thiophene rings is 1. The molecule has 23 heavy (non-hydrogen) atoms. The molecule has 0 unspecified atom stereocenters. The number of amides is 2. The molecule has 2 amide bonds. The average molecular weight is 395 g/mol. The predicted octanol–water partition coefficient (Wildman–Crippen LogP) is 4.06. The van der Waals surface area contributed by atoms with Crippen LogP contribution in [0.3, 0.4) is 0 Å². The first-order valence-corrected chi connectivity index (χ1v) is 8.95. The molecule has 0 bridgehead atoms. The third-order valence-electron chi connectivity index (χ3n) is 3.42. The summed E-state index contributed by atoms with van der Waals surface area (Å²) < 4.78 is 0.989. The SMILES string of the molecule is CCc1sc(C(=O)NCC(=O)Nc2ccc(Br)c(C)c2)cc1C. The number of rotatable bonds is 5. The van der Waals surface area contributed by atoms with E-state index in [9.17, 15) is 9.59 Å². The molecule has 122 valence electrons. The van der Waals surface area contributed by atoms with E-state index in [-0.39, 0.29) is 18.4 Å². The van der Waals surface area contributed by atoms with Gasteiger partial charge >= 0.3 is 0 Å². The Kier molecular flexibility index (Phi) is 5.96. The molecule has 0 atom stereocenters. The van der Waals surface area contributed by atoms with Crippen molar-refractivity contribution in [2.75, 3.05) is 11.9 Å². The highest BCUT2D eigenvalue weighted by atomic mass is 79.9. The average Bonchev–Trinajstić information content (AvgIpc) is 2.89. The summed E-state index contributed by atoms with van der Waals surface area (Å²) in [6.07, 6.45) is 0.910. The van der Waals surface area contributed by atoms with Crippen LogP contribution in [0.2, 0.25) is 0 Å². The first-order valence-electron chi connectivity index (χ1n) is 7.34. The van der Waals surface area contributed by atoms with Gasteiger partial charge in [0.2, 0.25) is 5.91 Å². The highest BCUT2D eigenvalue weighted by Crippen LogP contribution is 2.22. The highest BCUT2D eigenvalue weighted by molar-refractivity contribution is 9.10. The number of carbonyl (C=O) groups is 2. The fraction of sp³-hybridized carbons (Fsp3) is 0.294. The van der Waals surface area contributed by atoms with Gasteiger partial charge in [-0.1, -0.05) is 22.9 Å². The van der Waals surface area contributed by atoms with E-state index in [1.165, 1.54) is 16.2 Å². The van der Waals surface area contributed by atoms with Crippen molar-refractivity contribution in [3.63, 3.8) is 0 Å². The van der Waals surface area contributed by atoms with Gasteiger partial charge in [-0.05, 0) is 55.7 Å². The molecule has 0 saturated heterocycles. The summed E-state index contributed by atoms with van der Waals surface area (Å²) in [5.41, 5.74) is 2.87. The van der Waals surface area contributed by atoms with E-state index >= 15 is 0 Å². The second-order valence-electron chi connectivity index (χ2n) is 5.27. The lowest BCUT2D eigenvalue weighted by Crippen LogP contribution is -2.32. The lowest BCUT2D eigenvalue weighted by Gasteiger charge is -2.08. The summed E-state index contributed by atoms with van der Waals surface area (Å²) in [6, 6.07) is 7.44. The van der Waals surface area contributed by atoms with Crippen LogP contribution in [-0.2, 0) is 11.2 Å². The third-order valence-corrected chi connectivity index (χ3v) is 5.69. The van der Waals surface area contributed by atoms with E-state index in [0.29, 0.717) is 10.6 Å². The lowest BCUT2D eigenvalue weighted by molar-refractivity contribution is -0.115. The zero-order valence-corrected chi connectivity index (χ0v) is 15.7. The van der Waals surface area contributed by atoms with E-state index in [1.54, 1.807) is 0 Å². The van der Waals surface area contributed by atoms with Crippen molar-refractivity contribution in [3.05, 3.63) is 49.6 Å². The summed E-state index contributed by atoms with van der Waals surface area (Å²) in [6.45, 7) is 5.96. The van der Waals surface area contributed by atoms with Crippen molar-refractivity contribution >= 4 is 44.8 Å². The van der Waals surface area contributed by atoms with Crippen molar-refractivity contribution in [1.29, 1.82) is 0 Å². The predicted molar refractivity (Wildman–Crippen MR) is 98.3 cm³/mol. The zero-order chi connectivity index (χ0) is 17.0. The van der Waals surface area contributed by atoms with Crippen LogP contribution in [-0.4, -0.2) is 18.4 Å². The number of benzene rings is 1. The molecule has 0 aliphatic rings. The molecule has 4 nitrogen and oxygen atoms in total. The van der Waals surface area contributed by atoms with E-state index in [0.717, 1.165) is 22.0 Å². The van der Waals surface area contributed by atoms with Gasteiger partial charge < -0.3 is 10.6 Å². The van der Waals surface area contributed by atoms with E-state index in [4.69, 9.17) is 0 Å². The fourth-order valence-corrected chi connectivity index (χ4v) is 3.43. The summed E-state index contributed by atoms with van der Waals surface area (Å²) in [5.74, 6) is -0.455. The Bertz CT molecular complexity index is 740. The third kappa shape index (κ3) is 4.65. The number of hydrogen-bond acceptors (Lipinski definition) is 3. The molecule has 6 heteroatoms. The van der Waals surface area contributed by atoms with E-state index in [2.05, 4.69) is 33.5 Å². The normalized spacial score (nSPS) is 10.4. The number of nitrogens with one attached hydrogen (secondary N) is 2. The monoisotopic (exact) mass is 394 g/mol. The Labute approximate surface area is 148 Å². The van der Waals surface area contributed by atoms with Crippen molar-refractivity contribution < 1.29 is 9.59 Å². The van der Waals surface area contributed by atoms with Crippen LogP contribution in [0.15, 0.2) is 28.7 Å². The van der Waals surface area contributed by atoms with Crippen LogP contribution < -0.4 is 10.6 Å². The van der Waals surface area contributed by atoms with Crippen molar-refractivity contribution in [1.82, 2.24) is 5.32 Å². The van der Waals surface area contributed by atoms with Gasteiger partial charge in [0.05, 0.1) is 11.4 Å². The second kappa shape index (κ2) is 7.75. The maximum absolute atomic E-state index is 12.1. The summed E-state index contributed by atoms with van der Waals surface area (Å²) in [4.78, 5) is 25.9. The van der Waals surface area contributed by atoms with Gasteiger partial charge in [-0.15, -0.1) is 11.3 Å². The molecule has 0 aliphatic heterocycles. The minimum absolute atomic E-state index is 0.0493. The first-order chi connectivity index (χ1) is 10.9. The maximum Gasteiger partial charge on any atom is 0.261 e. The van der Waals surface area contributed by atoms with Gasteiger partial charge in [0.1, 0.15) is 0 Å². The topological polar surface area (TPSA) is 58.2 Å². The zero-order valence-electron chi connectivity index (χ0n) is 13.3. The Hall–Kier alpha value is -1.66. The molecule has 0 fully saturated rings. The van der Waals surface area contributed by atoms with Crippen molar-refractivity contribution in [3.8, 4) is 0 Å². The molecule has 1 heterocycles. The molecular formula is C17H19BrN2O2S. The minimum atomic E-state index is -0.246. The van der Waals surface area contributed by atoms with Crippen LogP contribution in [0.5, 0.6) is 0 Å². The minimum Gasteiger partial charge on any atom is -0.342 e. The van der Waals surface area contributed by atoms with Gasteiger partial charge in [0.15, 0.2) is 0 Å². The second-order valence-corrected chi connectivity index (χ2v) is 7.26. The highest BCUT2D eigenvalue weighted by Gasteiger charge is 2.13. The Morgan fingerprint density at radius 3 is 2.52 bits per heavy atom. The molecule has 0 spiro atoms. The van der Waals surface area contributed by atoms with Crippen LogP contribution in [0.4, 0.5) is 5.69 Å². The van der Waals surface area contributed by atoms with Crippen LogP contribution in [0, 0.1) is 13.8 Å². The molecule has 0 saturated carbocycles. The van der Waals surface area contributed by atoms with Crippen LogP contribution in [0.25, 0.3) is 0 Å². The number of hydrogen-bond donors (Lipinski definition) is 2. The van der Waals surface area contributed by atoms with Crippen molar-refractivity contribution in [2.45, 2.75) is 27.2 Å². The molecular weight excluding hydrogens is 376 g/mol. The number of carbonyl (C=O) groups excluding carboxylic acids is 2. The quantitative estimate of drug-likeness (QED) is 0.802. The van der Waals surface area contributed by atoms with Gasteiger partial charge in [0, 0.05) is 15.0 Å². The number of aryl methyl sites for hydroxylation is 3. The molecule has 0 aliphatic carbocycles. The molecule has 1 aromatic carbocycles. The molecule has 1 aromatic heterocycles. The van der Waals surface area contributed by atoms with E-state index < -0.39 is 0 Å². The number of anilines is 1. The summed E-state index contributed by atoms with van der Waals surface area (Å²) in [5, 5.41) is 5.43. The van der Waals surface area contributed by atoms with Crippen LogP contribution >= 0.6 is 27.3 Å². The van der Waals surface area contributed by atoms with E-state index in [1.807, 2.05) is 38.1 Å². The smallest absolute Gasteiger partial charge is 0.261 e. The molecule has 2 aromatic rings. The summed E-state index contributed by atoms with van der Waals surface area (Å²) in [7, 11) is 0. The van der Waals surface area contributed by atoms with Gasteiger partial charge in [0.25, 0.3) is 5.91 Å². The fourth-order valence-electron chi connectivity index (χ4n) is 2.16. The number of halogens is 1. The van der Waals surface area contributed by atoms with Crippen molar-refractivity contribution in [2.24, 2.45) is 0 Å². The molecule has 2 N–H and O–H groups in total. The van der Waals surface area contributed by atoms with Gasteiger partial charge in [-0.25, -0.2) is 0 Å². The molecule has 2 rings (SSSR count). The standard InChI is InChI=1S/C17H19BrN2O2S/c1-4-14-11(3)8-15(23-14)17(22)19-9-16(21)20-12-5-6-13(18)10(2)7-12/h5-8H,4,9H2,1-3H3,(H,19,22)(H,20,21). The van der Waals surface area contributed by atoms with Crippen LogP contribution in [0.1, 0.15) is 32.6 Å². The summed E-state index contributed by atoms with van der Waals surface area (Å²) >= 11 is 4.89. The Morgan fingerprint density at radius 2 is 1.91 bits per heavy atom. The maximum atomic E-state index is 12.1. The lowest BCUT2D eigenvalue weighted by atomic mass is 10.2. The Balaban J connectivity index is 1.90. The molecule has 0 radical (unpaired) electrons. The van der Waals surface area contributed by atoms with Gasteiger partial charge in [-0.3, -0.25) is 9.59 Å². The Morgan fingerprint density at radius 1 is 1.17 bits per heavy atom. The first kappa shape index (κ1) is 17.7.